The Hall–Kier alpha value is -7.97. The van der Waals surface area contributed by atoms with E-state index in [0.717, 1.165) is 90.3 Å². The van der Waals surface area contributed by atoms with Gasteiger partial charge in [0, 0.05) is 47.2 Å². The van der Waals surface area contributed by atoms with Gasteiger partial charge in [0.1, 0.15) is 22.8 Å². The van der Waals surface area contributed by atoms with Crippen molar-refractivity contribution in [3.63, 3.8) is 0 Å². The normalized spacial score (nSPS) is 18.0. The molecule has 0 amide bonds. The van der Waals surface area contributed by atoms with E-state index in [9.17, 15) is 43.0 Å². The third-order valence-corrected chi connectivity index (χ3v) is 13.9. The molecule has 0 atom stereocenters. The minimum absolute atomic E-state index is 0.0332. The summed E-state index contributed by atoms with van der Waals surface area (Å²) in [7, 11) is 0. The molecule has 2 fully saturated rings. The number of aromatic amines is 2. The Kier molecular flexibility index (Phi) is 13.8. The largest absolute Gasteiger partial charge is 0.422 e. The summed E-state index contributed by atoms with van der Waals surface area (Å²) in [5.41, 5.74) is 12.1. The number of aliphatic hydroxyl groups excluding tert-OH is 2. The van der Waals surface area contributed by atoms with Gasteiger partial charge in [-0.3, -0.25) is 14.4 Å². The predicted molar refractivity (Wildman–Crippen MR) is 271 cm³/mol. The molecule has 0 bridgehead atoms. The summed E-state index contributed by atoms with van der Waals surface area (Å²) in [5, 5.41) is 24.0. The number of carbonyl (C=O) groups excluding carboxylic acids is 1. The Morgan fingerprint density at radius 2 is 1.12 bits per heavy atom. The number of H-pyrrole nitrogens is 2. The number of benzene rings is 4. The number of aldehydes is 1. The molecule has 0 spiro atoms. The second-order valence-corrected chi connectivity index (χ2v) is 18.6. The highest BCUT2D eigenvalue weighted by Gasteiger charge is 2.26. The molecule has 4 aromatic carbocycles. The number of carbonyl (C=O) groups is 1. The van der Waals surface area contributed by atoms with Crippen molar-refractivity contribution in [2.75, 3.05) is 0 Å². The predicted octanol–water partition coefficient (Wildman–Crippen LogP) is 7.45. The lowest BCUT2D eigenvalue weighted by atomic mass is 9.90. The Morgan fingerprint density at radius 1 is 0.630 bits per heavy atom. The Labute approximate surface area is 411 Å². The third kappa shape index (κ3) is 9.99. The first kappa shape index (κ1) is 48.6. The van der Waals surface area contributed by atoms with E-state index in [1.807, 2.05) is 45.5 Å². The molecule has 17 nitrogen and oxygen atoms in total. The summed E-state index contributed by atoms with van der Waals surface area (Å²) < 4.78 is 40.9. The van der Waals surface area contributed by atoms with E-state index in [2.05, 4.69) is 25.3 Å². The van der Waals surface area contributed by atoms with Gasteiger partial charge in [-0.15, -0.1) is 0 Å². The van der Waals surface area contributed by atoms with Crippen LogP contribution in [0.25, 0.3) is 65.8 Å². The van der Waals surface area contributed by atoms with Crippen molar-refractivity contribution in [3.8, 4) is 0 Å². The molecule has 19 heteroatoms. The van der Waals surface area contributed by atoms with E-state index in [4.69, 9.17) is 14.6 Å². The van der Waals surface area contributed by atoms with Crippen LogP contribution in [0.4, 0.5) is 8.78 Å². The molecule has 6 aromatic heterocycles. The van der Waals surface area contributed by atoms with Gasteiger partial charge in [0.2, 0.25) is 0 Å². The molecular weight excluding hydrogens is 943 g/mol. The van der Waals surface area contributed by atoms with Crippen molar-refractivity contribution >= 4 is 72.1 Å². The molecular formula is C54H50F2N8O9. The number of rotatable bonds is 8. The molecule has 10 aromatic rings. The molecule has 73 heavy (non-hydrogen) atoms. The number of fused-ring (bicyclic) bond motifs is 8. The summed E-state index contributed by atoms with van der Waals surface area (Å²) in [6.45, 7) is 0.406. The van der Waals surface area contributed by atoms with Crippen molar-refractivity contribution < 1.29 is 32.6 Å². The highest BCUT2D eigenvalue weighted by Crippen LogP contribution is 2.32. The van der Waals surface area contributed by atoms with Crippen molar-refractivity contribution in [2.45, 2.75) is 95.3 Å². The molecule has 0 unspecified atom stereocenters. The van der Waals surface area contributed by atoms with Gasteiger partial charge < -0.3 is 49.2 Å². The van der Waals surface area contributed by atoms with Gasteiger partial charge in [-0.1, -0.05) is 12.1 Å². The van der Waals surface area contributed by atoms with Crippen molar-refractivity contribution in [1.82, 2.24) is 34.4 Å². The first-order valence-electron chi connectivity index (χ1n) is 24.0. The number of halogens is 2. The van der Waals surface area contributed by atoms with Gasteiger partial charge in [0.05, 0.1) is 75.2 Å². The number of hydrogen-bond acceptors (Lipinski definition) is 13. The Bertz CT molecular complexity index is 3960. The topological polar surface area (TPSA) is 257 Å². The minimum Gasteiger partial charge on any atom is -0.422 e. The van der Waals surface area contributed by atoms with E-state index in [-0.39, 0.29) is 65.2 Å². The highest BCUT2D eigenvalue weighted by molar-refractivity contribution is 6.04. The fourth-order valence-electron chi connectivity index (χ4n) is 10.2. The second-order valence-electron chi connectivity index (χ2n) is 18.6. The molecule has 2 aliphatic carbocycles. The summed E-state index contributed by atoms with van der Waals surface area (Å²) in [4.78, 5) is 74.0. The molecule has 0 aliphatic heterocycles. The number of aromatic nitrogens is 6. The van der Waals surface area contributed by atoms with Crippen LogP contribution < -0.4 is 33.4 Å². The van der Waals surface area contributed by atoms with Crippen LogP contribution in [-0.4, -0.2) is 57.7 Å². The number of aliphatic hydroxyl groups is 2. The molecule has 12 rings (SSSR count). The molecule has 374 valence electrons. The monoisotopic (exact) mass is 992 g/mol. The van der Waals surface area contributed by atoms with Crippen molar-refractivity contribution in [2.24, 2.45) is 5.73 Å². The second kappa shape index (κ2) is 20.6. The lowest BCUT2D eigenvalue weighted by molar-refractivity contribution is 0.111. The van der Waals surface area contributed by atoms with Crippen LogP contribution in [-0.2, 0) is 19.8 Å². The summed E-state index contributed by atoms with van der Waals surface area (Å²) >= 11 is 0. The highest BCUT2D eigenvalue weighted by atomic mass is 19.1. The van der Waals surface area contributed by atoms with Gasteiger partial charge in [0.25, 0.3) is 11.1 Å². The lowest BCUT2D eigenvalue weighted by Gasteiger charge is -2.31. The van der Waals surface area contributed by atoms with Gasteiger partial charge in [-0.2, -0.15) is 0 Å². The quantitative estimate of drug-likeness (QED) is 0.0640. The number of nitrogens with zero attached hydrogens (tertiary/aromatic N) is 4. The standard InChI is InChI=1S/C27H25FN4O4.C15H19N3O2.C12H6FNO3/c28-16-2-8-24-20(10-16)26-21(27(35)36-24)11-18(31-26)12-29-17-3-5-19(6-4-17)32-23-9-15(14-33)1-7-22(23)30-13-25(32)34;16-11-2-4-12(5-3-11)18-14-7-10(9-19)1-6-13(14)17-8-15(18)20;13-6-1-2-10-8(3-6)11-9(12(16)17-10)4-7(5-15)14-11/h1-2,7-11,13,17,19,29,31,33H,3-6,12,14H2;1,6-8,11-12,19H,2-5,9,16H2;1-5,14H. The summed E-state index contributed by atoms with van der Waals surface area (Å²) in [5.74, 6) is -0.827. The number of nitrogens with one attached hydrogen (secondary N) is 3. The smallest absolute Gasteiger partial charge is 0.345 e. The zero-order valence-electron chi connectivity index (χ0n) is 39.3. The first-order chi connectivity index (χ1) is 35.4. The third-order valence-electron chi connectivity index (χ3n) is 13.9. The van der Waals surface area contributed by atoms with Crippen LogP contribution in [0.2, 0.25) is 0 Å². The summed E-state index contributed by atoms with van der Waals surface area (Å²) in [6.07, 6.45) is 10.5. The van der Waals surface area contributed by atoms with E-state index >= 15 is 0 Å². The number of hydrogen-bond donors (Lipinski definition) is 6. The van der Waals surface area contributed by atoms with Crippen LogP contribution >= 0.6 is 0 Å². The molecule has 2 aliphatic rings. The Balaban J connectivity index is 0.000000139. The van der Waals surface area contributed by atoms with E-state index in [0.29, 0.717) is 45.6 Å². The molecule has 6 heterocycles. The van der Waals surface area contributed by atoms with Crippen LogP contribution in [0.5, 0.6) is 0 Å². The van der Waals surface area contributed by atoms with Crippen LogP contribution in [0.3, 0.4) is 0 Å². The zero-order chi connectivity index (χ0) is 50.9. The average molecular weight is 993 g/mol. The van der Waals surface area contributed by atoms with Crippen molar-refractivity contribution in [1.29, 1.82) is 0 Å². The van der Waals surface area contributed by atoms with Gasteiger partial charge in [-0.25, -0.2) is 28.3 Å². The SMILES string of the molecule is NC1CCC(n2c(=O)cnc3ccc(CO)cc32)CC1.O=Cc1cc2c(=O)oc3ccc(F)cc3c2[nH]1.O=c1oc2ccc(F)cc2c2[nH]c(CNC3CCC(n4c(=O)cnc5ccc(CO)cc54)CC3)cc12. The summed E-state index contributed by atoms with van der Waals surface area (Å²) in [6, 6.07) is 22.9. The van der Waals surface area contributed by atoms with Gasteiger partial charge >= 0.3 is 11.3 Å². The van der Waals surface area contributed by atoms with Crippen LogP contribution in [0, 0.1) is 11.6 Å². The van der Waals surface area contributed by atoms with Crippen LogP contribution in [0.15, 0.2) is 125 Å². The molecule has 0 saturated heterocycles. The maximum atomic E-state index is 13.8. The van der Waals surface area contributed by atoms with E-state index < -0.39 is 22.9 Å². The van der Waals surface area contributed by atoms with Crippen molar-refractivity contribution in [3.05, 3.63) is 173 Å². The molecule has 2 saturated carbocycles. The van der Waals surface area contributed by atoms with Crippen LogP contribution in [0.1, 0.15) is 90.8 Å². The maximum absolute atomic E-state index is 13.8. The van der Waals surface area contributed by atoms with E-state index in [1.165, 1.54) is 54.9 Å². The fraction of sp³-hybridized carbons (Fsp3) is 0.278. The lowest BCUT2D eigenvalue weighted by Crippen LogP contribution is -2.35. The number of nitrogens with two attached hydrogens (primary N) is 1. The molecule has 0 radical (unpaired) electrons. The van der Waals surface area contributed by atoms with E-state index in [1.54, 1.807) is 6.07 Å². The first-order valence-corrected chi connectivity index (χ1v) is 24.0. The van der Waals surface area contributed by atoms with Gasteiger partial charge in [-0.05, 0) is 135 Å². The fourth-order valence-corrected chi connectivity index (χ4v) is 10.2. The zero-order valence-corrected chi connectivity index (χ0v) is 39.3. The minimum atomic E-state index is -0.552. The molecule has 7 N–H and O–H groups in total. The Morgan fingerprint density at radius 3 is 1.63 bits per heavy atom. The average Bonchev–Trinajstić information content (AvgIpc) is 4.06. The van der Waals surface area contributed by atoms with Gasteiger partial charge in [0.15, 0.2) is 6.29 Å². The maximum Gasteiger partial charge on any atom is 0.345 e.